The summed E-state index contributed by atoms with van der Waals surface area (Å²) in [5, 5.41) is 44.3. The summed E-state index contributed by atoms with van der Waals surface area (Å²) in [7, 11) is 5.66. The lowest BCUT2D eigenvalue weighted by Crippen LogP contribution is -2.57. The number of rotatable bonds is 6. The summed E-state index contributed by atoms with van der Waals surface area (Å²) >= 11 is 0. The van der Waals surface area contributed by atoms with Gasteiger partial charge in [-0.3, -0.25) is 14.4 Å². The molecule has 0 bridgehead atoms. The second-order valence-electron chi connectivity index (χ2n) is 11.0. The normalized spacial score (nSPS) is 24.4. The molecule has 0 fully saturated rings. The van der Waals surface area contributed by atoms with Crippen LogP contribution in [0.25, 0.3) is 0 Å². The minimum Gasteiger partial charge on any atom is -0.511 e. The van der Waals surface area contributed by atoms with Crippen LogP contribution >= 0.6 is 0 Å². The molecule has 0 radical (unpaired) electrons. The second-order valence-corrected chi connectivity index (χ2v) is 11.0. The van der Waals surface area contributed by atoms with Crippen molar-refractivity contribution < 1.29 is 34.8 Å². The van der Waals surface area contributed by atoms with E-state index in [2.05, 4.69) is 0 Å². The number of fused-ring (bicyclic) bond motifs is 3. The zero-order valence-corrected chi connectivity index (χ0v) is 22.2. The second kappa shape index (κ2) is 9.30. The van der Waals surface area contributed by atoms with Crippen LogP contribution in [0.1, 0.15) is 46.4 Å². The number of aryl methyl sites for hydroxylation is 3. The Labute approximate surface area is 225 Å². The predicted octanol–water partition coefficient (Wildman–Crippen LogP) is 2.16. The fourth-order valence-corrected chi connectivity index (χ4v) is 6.53. The van der Waals surface area contributed by atoms with Gasteiger partial charge in [0.15, 0.2) is 11.4 Å². The van der Waals surface area contributed by atoms with Crippen LogP contribution in [0.3, 0.4) is 0 Å². The van der Waals surface area contributed by atoms with E-state index in [9.17, 15) is 34.8 Å². The Balaban J connectivity index is 1.57. The molecule has 1 aromatic heterocycles. The number of hydrogen-bond donors (Lipinski definition) is 5. The molecule has 2 aromatic rings. The first-order valence-electron chi connectivity index (χ1n) is 13.0. The number of carbonyl (C=O) groups excluding carboxylic acids is 3. The van der Waals surface area contributed by atoms with Gasteiger partial charge in [0.05, 0.1) is 5.56 Å². The molecule has 1 aromatic carbocycles. The number of primary amides is 1. The van der Waals surface area contributed by atoms with Crippen molar-refractivity contribution in [2.24, 2.45) is 24.6 Å². The number of Topliss-reactive ketones (excluding diaryl/α,β-unsaturated/α-hetero) is 2. The van der Waals surface area contributed by atoms with Crippen LogP contribution < -0.4 is 10.6 Å². The van der Waals surface area contributed by atoms with Gasteiger partial charge in [-0.05, 0) is 67.3 Å². The highest BCUT2D eigenvalue weighted by Gasteiger charge is 2.59. The molecule has 206 valence electrons. The van der Waals surface area contributed by atoms with Gasteiger partial charge in [0.25, 0.3) is 5.91 Å². The highest BCUT2D eigenvalue weighted by Crippen LogP contribution is 2.52. The van der Waals surface area contributed by atoms with E-state index in [1.807, 2.05) is 55.0 Å². The van der Waals surface area contributed by atoms with Crippen molar-refractivity contribution in [1.29, 1.82) is 0 Å². The number of aliphatic hydroxyl groups is 3. The first kappa shape index (κ1) is 26.6. The van der Waals surface area contributed by atoms with Gasteiger partial charge in [-0.15, -0.1) is 0 Å². The molecular weight excluding hydrogens is 502 g/mol. The van der Waals surface area contributed by atoms with Crippen LogP contribution in [0.15, 0.2) is 47.1 Å². The molecule has 1 heterocycles. The topological polar surface area (TPSA) is 166 Å². The Morgan fingerprint density at radius 3 is 2.51 bits per heavy atom. The van der Waals surface area contributed by atoms with Crippen molar-refractivity contribution in [3.05, 3.63) is 69.4 Å². The molecule has 0 spiro atoms. The first-order chi connectivity index (χ1) is 18.4. The molecular formula is C29H33N3O7. The molecule has 10 nitrogen and oxygen atoms in total. The summed E-state index contributed by atoms with van der Waals surface area (Å²) in [5.74, 6) is -6.18. The van der Waals surface area contributed by atoms with E-state index in [0.29, 0.717) is 17.5 Å². The summed E-state index contributed by atoms with van der Waals surface area (Å²) < 4.78 is 2.03. The lowest BCUT2D eigenvalue weighted by atomic mass is 9.60. The summed E-state index contributed by atoms with van der Waals surface area (Å²) in [4.78, 5) is 40.8. The van der Waals surface area contributed by atoms with Crippen molar-refractivity contribution in [1.82, 2.24) is 4.57 Å². The number of aromatic nitrogens is 1. The van der Waals surface area contributed by atoms with Crippen LogP contribution in [-0.2, 0) is 35.9 Å². The third-order valence-electron chi connectivity index (χ3n) is 8.53. The highest BCUT2D eigenvalue weighted by atomic mass is 16.3. The maximum Gasteiger partial charge on any atom is 0.255 e. The molecule has 5 rings (SSSR count). The van der Waals surface area contributed by atoms with Gasteiger partial charge in [0.1, 0.15) is 22.8 Å². The smallest absolute Gasteiger partial charge is 0.255 e. The average Bonchev–Trinajstić information content (AvgIpc) is 3.26. The zero-order valence-electron chi connectivity index (χ0n) is 22.2. The van der Waals surface area contributed by atoms with Crippen LogP contribution in [0, 0.1) is 11.8 Å². The minimum atomic E-state index is -2.57. The number of ketones is 2. The number of phenolic OH excluding ortho intramolecular Hbond substituents is 1. The molecule has 0 saturated carbocycles. The molecule has 39 heavy (non-hydrogen) atoms. The number of nitrogens with two attached hydrogens (primary N) is 1. The number of amides is 1. The number of aromatic hydroxyl groups is 1. The fraction of sp³-hybridized carbons (Fsp3) is 0.414. The number of anilines is 1. The number of benzene rings is 1. The monoisotopic (exact) mass is 535 g/mol. The van der Waals surface area contributed by atoms with E-state index in [1.165, 1.54) is 0 Å². The van der Waals surface area contributed by atoms with E-state index < -0.39 is 52.0 Å². The zero-order chi connectivity index (χ0) is 28.4. The van der Waals surface area contributed by atoms with Gasteiger partial charge < -0.3 is 35.6 Å². The molecule has 0 saturated heterocycles. The molecule has 6 N–H and O–H groups in total. The van der Waals surface area contributed by atoms with E-state index in [4.69, 9.17) is 5.73 Å². The number of hydrogen-bond acceptors (Lipinski definition) is 8. The number of phenols is 1. The van der Waals surface area contributed by atoms with E-state index >= 15 is 0 Å². The molecule has 3 aliphatic rings. The lowest BCUT2D eigenvalue weighted by molar-refractivity contribution is -0.144. The first-order valence-corrected chi connectivity index (χ1v) is 13.0. The quantitative estimate of drug-likeness (QED) is 0.351. The van der Waals surface area contributed by atoms with Gasteiger partial charge in [-0.25, -0.2) is 0 Å². The molecule has 10 heteroatoms. The van der Waals surface area contributed by atoms with Crippen molar-refractivity contribution in [3.63, 3.8) is 0 Å². The average molecular weight is 536 g/mol. The Kier molecular flexibility index (Phi) is 6.33. The molecule has 0 unspecified atom stereocenters. The fourth-order valence-electron chi connectivity index (χ4n) is 6.53. The standard InChI is InChI=1S/C29H33N3O7/c1-31(2)19-12-14(6-4-7-17-8-5-9-32(17)3)24(34)22-18(19)11-15-10-16-13-20(33)23(28(30)38)27(37)29(16,39)26(36)21(15)25(22)35/h5,8-9,12,15-16,33-34,36,39H,4,6-7,10-11,13H2,1-3H3,(H2,30,38)/t15-,16+,29+/m1/s1. The van der Waals surface area contributed by atoms with E-state index in [1.54, 1.807) is 0 Å². The van der Waals surface area contributed by atoms with Gasteiger partial charge in [-0.2, -0.15) is 0 Å². The van der Waals surface area contributed by atoms with Gasteiger partial charge in [0.2, 0.25) is 5.78 Å². The Morgan fingerprint density at radius 2 is 1.90 bits per heavy atom. The Morgan fingerprint density at radius 1 is 1.18 bits per heavy atom. The minimum absolute atomic E-state index is 0.0479. The van der Waals surface area contributed by atoms with E-state index in [-0.39, 0.29) is 36.1 Å². The molecule has 3 atom stereocenters. The van der Waals surface area contributed by atoms with Crippen molar-refractivity contribution in [3.8, 4) is 5.75 Å². The van der Waals surface area contributed by atoms with Crippen LogP contribution in [0.2, 0.25) is 0 Å². The van der Waals surface area contributed by atoms with Gasteiger partial charge in [0, 0.05) is 56.6 Å². The number of carbonyl (C=O) groups is 3. The van der Waals surface area contributed by atoms with E-state index in [0.717, 1.165) is 24.2 Å². The summed E-state index contributed by atoms with van der Waals surface area (Å²) in [6, 6.07) is 5.88. The third kappa shape index (κ3) is 3.93. The van der Waals surface area contributed by atoms with Gasteiger partial charge in [-0.1, -0.05) is 0 Å². The van der Waals surface area contributed by atoms with Crippen molar-refractivity contribution >= 4 is 23.2 Å². The molecule has 3 aliphatic carbocycles. The van der Waals surface area contributed by atoms with Crippen molar-refractivity contribution in [2.45, 2.75) is 44.1 Å². The predicted molar refractivity (Wildman–Crippen MR) is 143 cm³/mol. The number of allylic oxidation sites excluding steroid dienone is 2. The SMILES string of the molecule is CN(C)c1cc(CCCc2cccn2C)c(O)c2c1C[C@H]1C[C@H]3CC(O)=C(C(N)=O)C(=O)[C@@]3(O)C(O)=C1C2=O. The number of aliphatic hydroxyl groups excluding tert-OH is 2. The Bertz CT molecular complexity index is 1480. The summed E-state index contributed by atoms with van der Waals surface area (Å²) in [6.45, 7) is 0. The van der Waals surface area contributed by atoms with Crippen molar-refractivity contribution in [2.75, 3.05) is 19.0 Å². The van der Waals surface area contributed by atoms with Crippen LogP contribution in [0.4, 0.5) is 5.69 Å². The third-order valence-corrected chi connectivity index (χ3v) is 8.53. The van der Waals surface area contributed by atoms with Gasteiger partial charge >= 0.3 is 0 Å². The maximum absolute atomic E-state index is 13.9. The maximum atomic E-state index is 13.9. The van der Waals surface area contributed by atoms with Crippen LogP contribution in [-0.4, -0.2) is 62.2 Å². The van der Waals surface area contributed by atoms with Crippen LogP contribution in [0.5, 0.6) is 5.75 Å². The lowest BCUT2D eigenvalue weighted by Gasteiger charge is -2.46. The number of nitrogens with zero attached hydrogens (tertiary/aromatic N) is 2. The Hall–Kier alpha value is -4.05. The highest BCUT2D eigenvalue weighted by molar-refractivity contribution is 6.24. The molecule has 1 amide bonds. The summed E-state index contributed by atoms with van der Waals surface area (Å²) in [6.07, 6.45) is 4.11. The largest absolute Gasteiger partial charge is 0.511 e. The summed E-state index contributed by atoms with van der Waals surface area (Å²) in [5.41, 5.74) is 4.94. The molecule has 0 aliphatic heterocycles.